The number of anilines is 1. The van der Waals surface area contributed by atoms with E-state index in [1.807, 2.05) is 24.3 Å². The van der Waals surface area contributed by atoms with Crippen LogP contribution in [0.5, 0.6) is 0 Å². The topological polar surface area (TPSA) is 76.0 Å². The van der Waals surface area contributed by atoms with Gasteiger partial charge in [0.25, 0.3) is 0 Å². The van der Waals surface area contributed by atoms with Crippen molar-refractivity contribution in [2.45, 2.75) is 19.4 Å². The standard InChI is InChI=1S/C24H19ClN2O4/c1-11(28)12-6-8-13(9-7-12)27-23(29)18-15-10-16(19(18)24(27)30)22-20(15)21(26-31-22)14-4-2-3-5-17(14)25/h2-9,15-16,18-20,22H,10H2,1H3/t15-,16+,18-,19+,20+,22-/m1/s1. The Morgan fingerprint density at radius 1 is 1.00 bits per heavy atom. The first kappa shape index (κ1) is 18.8. The van der Waals surface area contributed by atoms with E-state index in [9.17, 15) is 14.4 Å². The maximum atomic E-state index is 13.4. The Hall–Kier alpha value is -2.99. The van der Waals surface area contributed by atoms with E-state index in [4.69, 9.17) is 16.4 Å². The summed E-state index contributed by atoms with van der Waals surface area (Å²) < 4.78 is 0. The van der Waals surface area contributed by atoms with Gasteiger partial charge in [0.05, 0.1) is 23.2 Å². The van der Waals surface area contributed by atoms with Gasteiger partial charge in [-0.25, -0.2) is 0 Å². The fourth-order valence-corrected chi connectivity index (χ4v) is 6.35. The van der Waals surface area contributed by atoms with Crippen LogP contribution in [0.4, 0.5) is 5.69 Å². The predicted molar refractivity (Wildman–Crippen MR) is 114 cm³/mol. The van der Waals surface area contributed by atoms with Gasteiger partial charge in [-0.3, -0.25) is 19.3 Å². The van der Waals surface area contributed by atoms with Crippen molar-refractivity contribution in [1.29, 1.82) is 0 Å². The molecule has 0 spiro atoms. The second-order valence-electron chi connectivity index (χ2n) is 8.78. The van der Waals surface area contributed by atoms with Crippen molar-refractivity contribution in [2.24, 2.45) is 34.7 Å². The Morgan fingerprint density at radius 3 is 2.35 bits per heavy atom. The summed E-state index contributed by atoms with van der Waals surface area (Å²) in [6.45, 7) is 1.49. The second kappa shape index (κ2) is 6.50. The van der Waals surface area contributed by atoms with Gasteiger partial charge in [0.2, 0.25) is 11.8 Å². The highest BCUT2D eigenvalue weighted by molar-refractivity contribution is 6.34. The molecule has 0 radical (unpaired) electrons. The Balaban J connectivity index is 1.34. The summed E-state index contributed by atoms with van der Waals surface area (Å²) in [5.74, 6) is -1.24. The molecule has 2 bridgehead atoms. The Morgan fingerprint density at radius 2 is 1.68 bits per heavy atom. The minimum Gasteiger partial charge on any atom is -0.391 e. The zero-order valence-corrected chi connectivity index (χ0v) is 17.5. The van der Waals surface area contributed by atoms with Crippen molar-refractivity contribution < 1.29 is 19.2 Å². The number of benzene rings is 2. The maximum Gasteiger partial charge on any atom is 0.238 e. The van der Waals surface area contributed by atoms with Crippen LogP contribution in [0.15, 0.2) is 53.7 Å². The number of imide groups is 1. The number of fused-ring (bicyclic) bond motifs is 8. The lowest BCUT2D eigenvalue weighted by Gasteiger charge is -2.30. The van der Waals surface area contributed by atoms with E-state index in [1.165, 1.54) is 11.8 Å². The monoisotopic (exact) mass is 434 g/mol. The fourth-order valence-electron chi connectivity index (χ4n) is 6.12. The molecule has 4 aliphatic rings. The summed E-state index contributed by atoms with van der Waals surface area (Å²) in [6.07, 6.45) is 0.581. The third kappa shape index (κ3) is 2.45. The lowest BCUT2D eigenvalue weighted by Crippen LogP contribution is -2.41. The van der Waals surface area contributed by atoms with Gasteiger partial charge in [0.1, 0.15) is 6.10 Å². The van der Waals surface area contributed by atoms with Gasteiger partial charge in [0.15, 0.2) is 5.78 Å². The van der Waals surface area contributed by atoms with Crippen LogP contribution in [0, 0.1) is 29.6 Å². The van der Waals surface area contributed by atoms with Crippen molar-refractivity contribution >= 4 is 40.6 Å². The third-order valence-electron chi connectivity index (χ3n) is 7.37. The normalized spacial score (nSPS) is 32.7. The summed E-state index contributed by atoms with van der Waals surface area (Å²) in [7, 11) is 0. The number of amides is 2. The van der Waals surface area contributed by atoms with E-state index < -0.39 is 0 Å². The number of carbonyl (C=O) groups is 3. The average Bonchev–Trinajstić information content (AvgIpc) is 3.49. The number of halogens is 1. The first-order valence-corrected chi connectivity index (χ1v) is 10.8. The van der Waals surface area contributed by atoms with Gasteiger partial charge in [-0.1, -0.05) is 35.0 Å². The molecule has 2 aliphatic carbocycles. The molecule has 7 heteroatoms. The molecule has 2 aliphatic heterocycles. The van der Waals surface area contributed by atoms with Gasteiger partial charge in [-0.2, -0.15) is 0 Å². The number of carbonyl (C=O) groups excluding carboxylic acids is 3. The van der Waals surface area contributed by atoms with E-state index in [-0.39, 0.29) is 53.3 Å². The SMILES string of the molecule is CC(=O)c1ccc(N2C(=O)[C@@H]3[C@H]4C[C@H]([C@H]5ON=C(c6ccccc6Cl)[C@H]45)[C@@H]3C2=O)cc1. The van der Waals surface area contributed by atoms with Crippen LogP contribution in [0.1, 0.15) is 29.3 Å². The van der Waals surface area contributed by atoms with Crippen LogP contribution in [0.3, 0.4) is 0 Å². The van der Waals surface area contributed by atoms with E-state index in [2.05, 4.69) is 5.16 Å². The van der Waals surface area contributed by atoms with E-state index in [0.717, 1.165) is 17.7 Å². The van der Waals surface area contributed by atoms with Crippen molar-refractivity contribution in [1.82, 2.24) is 0 Å². The van der Waals surface area contributed by atoms with Crippen molar-refractivity contribution in [2.75, 3.05) is 4.90 Å². The summed E-state index contributed by atoms with van der Waals surface area (Å²) in [5, 5.41) is 4.94. The summed E-state index contributed by atoms with van der Waals surface area (Å²) in [4.78, 5) is 45.4. The number of Topliss-reactive ketones (excluding diaryl/α,β-unsaturated/α-hetero) is 1. The van der Waals surface area contributed by atoms with Crippen LogP contribution in [0.25, 0.3) is 0 Å². The van der Waals surface area contributed by atoms with Crippen LogP contribution in [0.2, 0.25) is 5.02 Å². The molecular weight excluding hydrogens is 416 g/mol. The van der Waals surface area contributed by atoms with Gasteiger partial charge < -0.3 is 4.84 Å². The zero-order valence-electron chi connectivity index (χ0n) is 16.7. The van der Waals surface area contributed by atoms with Crippen LogP contribution >= 0.6 is 11.6 Å². The van der Waals surface area contributed by atoms with Crippen LogP contribution in [-0.2, 0) is 14.4 Å². The molecule has 0 unspecified atom stereocenters. The van der Waals surface area contributed by atoms with Crippen LogP contribution in [-0.4, -0.2) is 29.4 Å². The van der Waals surface area contributed by atoms with Crippen molar-refractivity contribution in [3.05, 3.63) is 64.7 Å². The predicted octanol–water partition coefficient (Wildman–Crippen LogP) is 3.72. The highest BCUT2D eigenvalue weighted by Crippen LogP contribution is 2.62. The quantitative estimate of drug-likeness (QED) is 0.545. The molecule has 2 heterocycles. The first-order chi connectivity index (χ1) is 15.0. The Labute approximate surface area is 183 Å². The zero-order chi connectivity index (χ0) is 21.4. The molecule has 3 fully saturated rings. The number of hydrogen-bond donors (Lipinski definition) is 0. The Kier molecular flexibility index (Phi) is 3.93. The summed E-state index contributed by atoms with van der Waals surface area (Å²) in [6, 6.07) is 14.2. The lowest BCUT2D eigenvalue weighted by molar-refractivity contribution is -0.125. The molecule has 1 saturated heterocycles. The number of ketones is 1. The molecule has 31 heavy (non-hydrogen) atoms. The van der Waals surface area contributed by atoms with E-state index >= 15 is 0 Å². The molecule has 2 saturated carbocycles. The molecule has 0 N–H and O–H groups in total. The minimum absolute atomic E-state index is 0.00420. The van der Waals surface area contributed by atoms with Crippen molar-refractivity contribution in [3.63, 3.8) is 0 Å². The number of oxime groups is 1. The number of rotatable bonds is 3. The van der Waals surface area contributed by atoms with Gasteiger partial charge in [-0.05, 0) is 49.6 Å². The summed E-state index contributed by atoms with van der Waals surface area (Å²) in [5.41, 5.74) is 2.67. The fraction of sp³-hybridized carbons (Fsp3) is 0.333. The molecule has 2 aromatic carbocycles. The molecular formula is C24H19ClN2O4. The van der Waals surface area contributed by atoms with Crippen molar-refractivity contribution in [3.8, 4) is 0 Å². The average molecular weight is 435 g/mol. The number of nitrogens with zero attached hydrogens (tertiary/aromatic N) is 2. The van der Waals surface area contributed by atoms with Gasteiger partial charge in [0, 0.05) is 28.0 Å². The highest BCUT2D eigenvalue weighted by Gasteiger charge is 2.70. The smallest absolute Gasteiger partial charge is 0.238 e. The lowest BCUT2D eigenvalue weighted by atomic mass is 9.71. The first-order valence-electron chi connectivity index (χ1n) is 10.4. The van der Waals surface area contributed by atoms with E-state index in [0.29, 0.717) is 16.3 Å². The maximum absolute atomic E-state index is 13.4. The minimum atomic E-state index is -0.382. The number of hydrogen-bond acceptors (Lipinski definition) is 5. The molecule has 156 valence electrons. The molecule has 6 atom stereocenters. The second-order valence-corrected chi connectivity index (χ2v) is 9.19. The largest absolute Gasteiger partial charge is 0.391 e. The van der Waals surface area contributed by atoms with Crippen LogP contribution < -0.4 is 4.90 Å². The molecule has 6 rings (SSSR count). The molecule has 6 nitrogen and oxygen atoms in total. The van der Waals surface area contributed by atoms with Gasteiger partial charge in [-0.15, -0.1) is 0 Å². The van der Waals surface area contributed by atoms with Gasteiger partial charge >= 0.3 is 0 Å². The molecule has 2 aromatic rings. The highest BCUT2D eigenvalue weighted by atomic mass is 35.5. The molecule has 2 amide bonds. The van der Waals surface area contributed by atoms with E-state index in [1.54, 1.807) is 24.3 Å². The Bertz CT molecular complexity index is 1170. The molecule has 0 aromatic heterocycles. The third-order valence-corrected chi connectivity index (χ3v) is 7.70. The summed E-state index contributed by atoms with van der Waals surface area (Å²) >= 11 is 6.41.